The third-order valence-corrected chi connectivity index (χ3v) is 4.76. The molecule has 1 heterocycles. The van der Waals surface area contributed by atoms with E-state index >= 15 is 0 Å². The molecule has 0 aliphatic carbocycles. The molecule has 7 nitrogen and oxygen atoms in total. The molecule has 3 rings (SSSR count). The quantitative estimate of drug-likeness (QED) is 0.613. The van der Waals surface area contributed by atoms with E-state index in [0.717, 1.165) is 5.56 Å². The topological polar surface area (TPSA) is 62.3 Å². The van der Waals surface area contributed by atoms with Crippen LogP contribution >= 0.6 is 0 Å². The van der Waals surface area contributed by atoms with E-state index in [1.165, 1.54) is 23.0 Å². The summed E-state index contributed by atoms with van der Waals surface area (Å²) in [5.41, 5.74) is 1.41. The summed E-state index contributed by atoms with van der Waals surface area (Å²) >= 11 is 0. The largest absolute Gasteiger partial charge is 0.493 e. The zero-order valence-electron chi connectivity index (χ0n) is 16.9. The number of carbonyl (C=O) groups excluding carboxylic acids is 2. The van der Waals surface area contributed by atoms with E-state index in [-0.39, 0.29) is 30.1 Å². The number of halogens is 2. The zero-order valence-corrected chi connectivity index (χ0v) is 16.9. The second-order valence-electron chi connectivity index (χ2n) is 6.95. The van der Waals surface area contributed by atoms with Crippen LogP contribution in [0.25, 0.3) is 0 Å². The molecule has 1 saturated heterocycles. The minimum absolute atomic E-state index is 0.0591. The van der Waals surface area contributed by atoms with Crippen LogP contribution in [0.15, 0.2) is 48.5 Å². The number of hydrogen-bond donors (Lipinski definition) is 0. The van der Waals surface area contributed by atoms with Crippen LogP contribution in [-0.4, -0.2) is 55.2 Å². The highest BCUT2D eigenvalue weighted by Gasteiger charge is 2.43. The third-order valence-electron chi connectivity index (χ3n) is 4.76. The van der Waals surface area contributed by atoms with Crippen molar-refractivity contribution in [3.63, 3.8) is 0 Å². The van der Waals surface area contributed by atoms with Crippen molar-refractivity contribution in [3.8, 4) is 11.5 Å². The first-order valence-electron chi connectivity index (χ1n) is 9.31. The Balaban J connectivity index is 1.69. The van der Waals surface area contributed by atoms with Gasteiger partial charge in [0.25, 0.3) is 5.91 Å². The van der Waals surface area contributed by atoms with Gasteiger partial charge < -0.3 is 9.47 Å². The molecule has 0 saturated carbocycles. The molecule has 2 aromatic rings. The number of urea groups is 1. The fraction of sp³-hybridized carbons (Fsp3) is 0.333. The summed E-state index contributed by atoms with van der Waals surface area (Å²) in [4.78, 5) is 30.0. The smallest absolute Gasteiger partial charge is 0.387 e. The Morgan fingerprint density at radius 3 is 2.43 bits per heavy atom. The van der Waals surface area contributed by atoms with Crippen LogP contribution in [0.4, 0.5) is 19.3 Å². The Bertz CT molecular complexity index is 910. The number of rotatable bonds is 8. The Labute approximate surface area is 173 Å². The van der Waals surface area contributed by atoms with Gasteiger partial charge >= 0.3 is 12.6 Å². The minimum Gasteiger partial charge on any atom is -0.493 e. The first-order chi connectivity index (χ1) is 14.3. The van der Waals surface area contributed by atoms with Crippen molar-refractivity contribution >= 4 is 17.6 Å². The lowest BCUT2D eigenvalue weighted by Gasteiger charge is -2.23. The van der Waals surface area contributed by atoms with Gasteiger partial charge in [-0.3, -0.25) is 14.6 Å². The number of hydrogen-bond acceptors (Lipinski definition) is 5. The monoisotopic (exact) mass is 419 g/mol. The molecule has 0 radical (unpaired) electrons. The summed E-state index contributed by atoms with van der Waals surface area (Å²) in [6, 6.07) is 12.7. The first kappa shape index (κ1) is 21.5. The summed E-state index contributed by atoms with van der Waals surface area (Å²) in [6.45, 7) is -0.806. The average molecular weight is 419 g/mol. The lowest BCUT2D eigenvalue weighted by molar-refractivity contribution is -0.128. The Hall–Kier alpha value is -3.20. The fourth-order valence-corrected chi connectivity index (χ4v) is 3.39. The van der Waals surface area contributed by atoms with Gasteiger partial charge in [-0.1, -0.05) is 24.3 Å². The predicted octanol–water partition coefficient (Wildman–Crippen LogP) is 3.54. The molecular formula is C21H23F2N3O4. The molecule has 30 heavy (non-hydrogen) atoms. The molecule has 0 N–H and O–H groups in total. The number of anilines is 1. The summed E-state index contributed by atoms with van der Waals surface area (Å²) < 4.78 is 34.5. The molecule has 3 amide bonds. The van der Waals surface area contributed by atoms with Crippen molar-refractivity contribution in [2.24, 2.45) is 0 Å². The summed E-state index contributed by atoms with van der Waals surface area (Å²) in [5.74, 6) is -0.163. The third kappa shape index (κ3) is 4.51. The number of nitrogens with zero attached hydrogens (tertiary/aromatic N) is 3. The number of alkyl halides is 2. The Morgan fingerprint density at radius 2 is 1.80 bits per heavy atom. The second kappa shape index (κ2) is 9.08. The van der Waals surface area contributed by atoms with Crippen LogP contribution in [-0.2, 0) is 11.3 Å². The number of benzene rings is 2. The van der Waals surface area contributed by atoms with Crippen LogP contribution in [0.5, 0.6) is 11.5 Å². The number of carbonyl (C=O) groups is 2. The van der Waals surface area contributed by atoms with Crippen molar-refractivity contribution < 1.29 is 27.8 Å². The van der Waals surface area contributed by atoms with Crippen LogP contribution in [0.3, 0.4) is 0 Å². The highest BCUT2D eigenvalue weighted by Crippen LogP contribution is 2.30. The molecular weight excluding hydrogens is 396 g/mol. The van der Waals surface area contributed by atoms with E-state index in [0.29, 0.717) is 12.2 Å². The molecule has 160 valence electrons. The Morgan fingerprint density at radius 1 is 1.10 bits per heavy atom. The van der Waals surface area contributed by atoms with E-state index in [1.807, 2.05) is 18.2 Å². The standard InChI is InChI=1S/C21H23F2N3O4/c1-14-19(27)25(21(28)26(14)16-7-5-4-6-8-16)13-24(2)12-15-9-10-17(30-20(22)23)18(11-15)29-3/h4-11,14,20H,12-13H2,1-3H3. The minimum atomic E-state index is -2.95. The maximum atomic E-state index is 12.9. The van der Waals surface area contributed by atoms with Gasteiger partial charge in [0.2, 0.25) is 0 Å². The number of amides is 3. The lowest BCUT2D eigenvalue weighted by atomic mass is 10.2. The highest BCUT2D eigenvalue weighted by atomic mass is 19.3. The summed E-state index contributed by atoms with van der Waals surface area (Å²) in [5, 5.41) is 0. The van der Waals surface area contributed by atoms with Gasteiger partial charge in [-0.15, -0.1) is 0 Å². The maximum Gasteiger partial charge on any atom is 0.387 e. The number of para-hydroxylation sites is 1. The van der Waals surface area contributed by atoms with E-state index in [9.17, 15) is 18.4 Å². The van der Waals surface area contributed by atoms with Gasteiger partial charge in [-0.2, -0.15) is 8.78 Å². The zero-order chi connectivity index (χ0) is 21.8. The second-order valence-corrected chi connectivity index (χ2v) is 6.95. The van der Waals surface area contributed by atoms with Crippen LogP contribution < -0.4 is 14.4 Å². The molecule has 1 atom stereocenters. The molecule has 2 aromatic carbocycles. The molecule has 9 heteroatoms. The number of methoxy groups -OCH3 is 1. The Kier molecular flexibility index (Phi) is 6.51. The van der Waals surface area contributed by atoms with Gasteiger partial charge in [0.1, 0.15) is 6.04 Å². The molecule has 0 spiro atoms. The maximum absolute atomic E-state index is 12.9. The van der Waals surface area contributed by atoms with Gasteiger partial charge in [-0.05, 0) is 43.8 Å². The van der Waals surface area contributed by atoms with Crippen LogP contribution in [0, 0.1) is 0 Å². The van der Waals surface area contributed by atoms with Gasteiger partial charge in [0.05, 0.1) is 13.8 Å². The molecule has 1 aliphatic rings. The number of ether oxygens (including phenoxy) is 2. The average Bonchev–Trinajstić information content (AvgIpc) is 2.92. The van der Waals surface area contributed by atoms with E-state index in [2.05, 4.69) is 4.74 Å². The van der Waals surface area contributed by atoms with Crippen LogP contribution in [0.1, 0.15) is 12.5 Å². The first-order valence-corrected chi connectivity index (χ1v) is 9.31. The van der Waals surface area contributed by atoms with Crippen molar-refractivity contribution in [1.29, 1.82) is 0 Å². The normalized spacial score (nSPS) is 16.7. The van der Waals surface area contributed by atoms with Gasteiger partial charge in [-0.25, -0.2) is 9.69 Å². The van der Waals surface area contributed by atoms with Crippen molar-refractivity contribution in [1.82, 2.24) is 9.80 Å². The fourth-order valence-electron chi connectivity index (χ4n) is 3.39. The summed E-state index contributed by atoms with van der Waals surface area (Å²) in [7, 11) is 3.12. The van der Waals surface area contributed by atoms with Gasteiger partial charge in [0.15, 0.2) is 11.5 Å². The molecule has 1 fully saturated rings. The SMILES string of the molecule is COc1cc(CN(C)CN2C(=O)C(C)N(c3ccccc3)C2=O)ccc1OC(F)F. The predicted molar refractivity (Wildman–Crippen MR) is 107 cm³/mol. The molecule has 0 bridgehead atoms. The lowest BCUT2D eigenvalue weighted by Crippen LogP contribution is -2.40. The molecule has 1 unspecified atom stereocenters. The van der Waals surface area contributed by atoms with Crippen molar-refractivity contribution in [3.05, 3.63) is 54.1 Å². The number of imide groups is 1. The molecule has 0 aromatic heterocycles. The van der Waals surface area contributed by atoms with Gasteiger partial charge in [0, 0.05) is 12.2 Å². The van der Waals surface area contributed by atoms with E-state index in [1.54, 1.807) is 43.1 Å². The summed E-state index contributed by atoms with van der Waals surface area (Å²) in [6.07, 6.45) is 0. The molecule has 1 aliphatic heterocycles. The van der Waals surface area contributed by atoms with E-state index < -0.39 is 12.7 Å². The van der Waals surface area contributed by atoms with Crippen molar-refractivity contribution in [2.45, 2.75) is 26.1 Å². The van der Waals surface area contributed by atoms with Crippen molar-refractivity contribution in [2.75, 3.05) is 25.7 Å². The van der Waals surface area contributed by atoms with E-state index in [4.69, 9.17) is 4.74 Å². The van der Waals surface area contributed by atoms with Crippen LogP contribution in [0.2, 0.25) is 0 Å². The highest BCUT2D eigenvalue weighted by molar-refractivity contribution is 6.13.